The number of amides is 2. The number of urea groups is 1. The molecule has 3 rings (SSSR count). The molecule has 126 valence electrons. The first-order valence-electron chi connectivity index (χ1n) is 7.52. The quantitative estimate of drug-likeness (QED) is 0.884. The highest BCUT2D eigenvalue weighted by Gasteiger charge is 2.14. The van der Waals surface area contributed by atoms with E-state index in [0.717, 1.165) is 0 Å². The fraction of sp³-hybridized carbons (Fsp3) is 0.312. The molecule has 1 aliphatic heterocycles. The number of fused-ring (bicyclic) bond motifs is 1. The number of aryl methyl sites for hydroxylation is 1. The Kier molecular flexibility index (Phi) is 4.37. The Bertz CT molecular complexity index is 831. The van der Waals surface area contributed by atoms with Gasteiger partial charge in [0.1, 0.15) is 0 Å². The molecule has 8 heteroatoms. The molecule has 0 unspecified atom stereocenters. The first-order chi connectivity index (χ1) is 11.5. The summed E-state index contributed by atoms with van der Waals surface area (Å²) >= 11 is 0. The van der Waals surface area contributed by atoms with E-state index in [-0.39, 0.29) is 18.4 Å². The van der Waals surface area contributed by atoms with Crippen molar-refractivity contribution in [2.24, 2.45) is 0 Å². The summed E-state index contributed by atoms with van der Waals surface area (Å²) in [6.07, 6.45) is 1.49. The van der Waals surface area contributed by atoms with Crippen molar-refractivity contribution in [2.75, 3.05) is 18.7 Å². The number of hydrogen-bond donors (Lipinski definition) is 2. The van der Waals surface area contributed by atoms with Crippen molar-refractivity contribution in [3.63, 3.8) is 0 Å². The van der Waals surface area contributed by atoms with Crippen LogP contribution >= 0.6 is 0 Å². The third kappa shape index (κ3) is 3.32. The Hall–Kier alpha value is -3.03. The van der Waals surface area contributed by atoms with E-state index in [4.69, 9.17) is 9.47 Å². The van der Waals surface area contributed by atoms with Gasteiger partial charge in [-0.25, -0.2) is 9.78 Å². The standard InChI is InChI=1S/C16H18N4O4/c1-10-11(2)18-8-20(15(10)21)6-5-17-16(22)19-12-3-4-13-14(7-12)24-9-23-13/h3-4,7-8H,5-6,9H2,1-2H3,(H2,17,19,22). The molecule has 0 fully saturated rings. The summed E-state index contributed by atoms with van der Waals surface area (Å²) < 4.78 is 11.9. The fourth-order valence-corrected chi connectivity index (χ4v) is 2.27. The predicted molar refractivity (Wildman–Crippen MR) is 87.6 cm³/mol. The van der Waals surface area contributed by atoms with Gasteiger partial charge in [0.2, 0.25) is 6.79 Å². The minimum Gasteiger partial charge on any atom is -0.454 e. The average Bonchev–Trinajstić information content (AvgIpc) is 3.02. The van der Waals surface area contributed by atoms with Crippen LogP contribution in [-0.2, 0) is 6.54 Å². The number of nitrogens with zero attached hydrogens (tertiary/aromatic N) is 2. The topological polar surface area (TPSA) is 94.5 Å². The molecule has 0 spiro atoms. The van der Waals surface area contributed by atoms with Gasteiger partial charge in [0.05, 0.1) is 6.33 Å². The molecule has 2 aromatic rings. The number of aromatic nitrogens is 2. The summed E-state index contributed by atoms with van der Waals surface area (Å²) in [5, 5.41) is 5.40. The van der Waals surface area contributed by atoms with E-state index in [1.807, 2.05) is 0 Å². The number of ether oxygens (including phenoxy) is 2. The Morgan fingerprint density at radius 1 is 1.29 bits per heavy atom. The lowest BCUT2D eigenvalue weighted by Crippen LogP contribution is -2.34. The third-order valence-electron chi connectivity index (χ3n) is 3.78. The van der Waals surface area contributed by atoms with E-state index in [1.54, 1.807) is 32.0 Å². The van der Waals surface area contributed by atoms with Gasteiger partial charge in [-0.15, -0.1) is 0 Å². The van der Waals surface area contributed by atoms with E-state index in [0.29, 0.717) is 41.5 Å². The van der Waals surface area contributed by atoms with E-state index in [1.165, 1.54) is 10.9 Å². The van der Waals surface area contributed by atoms with E-state index in [2.05, 4.69) is 15.6 Å². The van der Waals surface area contributed by atoms with Crippen LogP contribution < -0.4 is 25.7 Å². The highest BCUT2D eigenvalue weighted by molar-refractivity contribution is 5.89. The summed E-state index contributed by atoms with van der Waals surface area (Å²) in [4.78, 5) is 28.1. The number of rotatable bonds is 4. The van der Waals surface area contributed by atoms with Crippen LogP contribution in [0.5, 0.6) is 11.5 Å². The van der Waals surface area contributed by atoms with Gasteiger partial charge in [-0.2, -0.15) is 0 Å². The van der Waals surface area contributed by atoms with Gasteiger partial charge in [0, 0.05) is 36.1 Å². The smallest absolute Gasteiger partial charge is 0.319 e. The molecule has 2 amide bonds. The first-order valence-corrected chi connectivity index (χ1v) is 7.52. The van der Waals surface area contributed by atoms with Crippen molar-refractivity contribution in [1.29, 1.82) is 0 Å². The molecule has 2 N–H and O–H groups in total. The number of carbonyl (C=O) groups excluding carboxylic acids is 1. The maximum Gasteiger partial charge on any atom is 0.319 e. The van der Waals surface area contributed by atoms with Crippen LogP contribution in [0, 0.1) is 13.8 Å². The zero-order valence-electron chi connectivity index (χ0n) is 13.5. The molecule has 2 heterocycles. The van der Waals surface area contributed by atoms with Crippen LogP contribution in [0.15, 0.2) is 29.3 Å². The van der Waals surface area contributed by atoms with Crippen molar-refractivity contribution >= 4 is 11.7 Å². The molecule has 0 saturated carbocycles. The zero-order chi connectivity index (χ0) is 17.1. The predicted octanol–water partition coefficient (Wildman–Crippen LogP) is 1.41. The molecule has 1 aromatic carbocycles. The second-order valence-electron chi connectivity index (χ2n) is 5.40. The minimum absolute atomic E-state index is 0.0968. The van der Waals surface area contributed by atoms with Gasteiger partial charge < -0.3 is 20.1 Å². The van der Waals surface area contributed by atoms with Crippen molar-refractivity contribution in [1.82, 2.24) is 14.9 Å². The molecule has 0 aliphatic carbocycles. The normalized spacial score (nSPS) is 12.1. The molecule has 0 atom stereocenters. The number of benzene rings is 1. The lowest BCUT2D eigenvalue weighted by molar-refractivity contribution is 0.174. The summed E-state index contributed by atoms with van der Waals surface area (Å²) in [6.45, 7) is 4.37. The van der Waals surface area contributed by atoms with Gasteiger partial charge in [-0.1, -0.05) is 0 Å². The SMILES string of the molecule is Cc1ncn(CCNC(=O)Nc2ccc3c(c2)OCO3)c(=O)c1C. The molecule has 0 saturated heterocycles. The maximum atomic E-state index is 12.0. The Morgan fingerprint density at radius 3 is 2.92 bits per heavy atom. The molecular formula is C16H18N4O4. The van der Waals surface area contributed by atoms with Crippen LogP contribution in [-0.4, -0.2) is 28.9 Å². The van der Waals surface area contributed by atoms with Crippen molar-refractivity contribution in [2.45, 2.75) is 20.4 Å². The van der Waals surface area contributed by atoms with Gasteiger partial charge in [0.25, 0.3) is 5.56 Å². The summed E-state index contributed by atoms with van der Waals surface area (Å²) in [5.41, 5.74) is 1.83. The van der Waals surface area contributed by atoms with E-state index >= 15 is 0 Å². The monoisotopic (exact) mass is 330 g/mol. The molecule has 24 heavy (non-hydrogen) atoms. The maximum absolute atomic E-state index is 12.0. The first kappa shape index (κ1) is 15.9. The molecule has 1 aliphatic rings. The van der Waals surface area contributed by atoms with Gasteiger partial charge in [-0.05, 0) is 26.0 Å². The van der Waals surface area contributed by atoms with Crippen molar-refractivity contribution in [3.05, 3.63) is 46.1 Å². The van der Waals surface area contributed by atoms with E-state index in [9.17, 15) is 9.59 Å². The van der Waals surface area contributed by atoms with Crippen LogP contribution in [0.4, 0.5) is 10.5 Å². The summed E-state index contributed by atoms with van der Waals surface area (Å²) in [6, 6.07) is 4.79. The van der Waals surface area contributed by atoms with E-state index < -0.39 is 0 Å². The molecule has 0 radical (unpaired) electrons. The Morgan fingerprint density at radius 2 is 2.08 bits per heavy atom. The zero-order valence-corrected chi connectivity index (χ0v) is 13.5. The molecule has 1 aromatic heterocycles. The largest absolute Gasteiger partial charge is 0.454 e. The van der Waals surface area contributed by atoms with Gasteiger partial charge in [0.15, 0.2) is 11.5 Å². The van der Waals surface area contributed by atoms with Gasteiger partial charge in [-0.3, -0.25) is 9.36 Å². The highest BCUT2D eigenvalue weighted by atomic mass is 16.7. The van der Waals surface area contributed by atoms with Crippen LogP contribution in [0.1, 0.15) is 11.3 Å². The van der Waals surface area contributed by atoms with Crippen molar-refractivity contribution < 1.29 is 14.3 Å². The Labute approximate surface area is 138 Å². The average molecular weight is 330 g/mol. The van der Waals surface area contributed by atoms with Crippen LogP contribution in [0.3, 0.4) is 0 Å². The number of nitrogens with one attached hydrogen (secondary N) is 2. The molecule has 8 nitrogen and oxygen atoms in total. The number of hydrogen-bond acceptors (Lipinski definition) is 5. The van der Waals surface area contributed by atoms with Gasteiger partial charge >= 0.3 is 6.03 Å². The van der Waals surface area contributed by atoms with Crippen LogP contribution in [0.2, 0.25) is 0 Å². The number of anilines is 1. The third-order valence-corrected chi connectivity index (χ3v) is 3.78. The molecular weight excluding hydrogens is 312 g/mol. The Balaban J connectivity index is 1.53. The second-order valence-corrected chi connectivity index (χ2v) is 5.40. The summed E-state index contributed by atoms with van der Waals surface area (Å²) in [7, 11) is 0. The fourth-order valence-electron chi connectivity index (χ4n) is 2.27. The van der Waals surface area contributed by atoms with Crippen LogP contribution in [0.25, 0.3) is 0 Å². The lowest BCUT2D eigenvalue weighted by atomic mass is 10.3. The molecule has 0 bridgehead atoms. The second kappa shape index (κ2) is 6.61. The minimum atomic E-state index is -0.362. The van der Waals surface area contributed by atoms with Crippen molar-refractivity contribution in [3.8, 4) is 11.5 Å². The summed E-state index contributed by atoms with van der Waals surface area (Å²) in [5.74, 6) is 1.25. The lowest BCUT2D eigenvalue weighted by Gasteiger charge is -2.10. The number of carbonyl (C=O) groups is 1. The highest BCUT2D eigenvalue weighted by Crippen LogP contribution is 2.34.